The van der Waals surface area contributed by atoms with Gasteiger partial charge >= 0.3 is 0 Å². The molecule has 30 heavy (non-hydrogen) atoms. The summed E-state index contributed by atoms with van der Waals surface area (Å²) in [7, 11) is 0. The van der Waals surface area contributed by atoms with Gasteiger partial charge in [-0.2, -0.15) is 0 Å². The number of allylic oxidation sites excluding steroid dienone is 2. The zero-order valence-electron chi connectivity index (χ0n) is 17.8. The quantitative estimate of drug-likeness (QED) is 0.575. The molecule has 4 rings (SSSR count). The first-order chi connectivity index (χ1) is 14.3. The Balaban J connectivity index is 1.62. The summed E-state index contributed by atoms with van der Waals surface area (Å²) < 4.78 is 1.04. The number of carbonyl (C=O) groups is 3. The maximum absolute atomic E-state index is 13.3. The molecular formula is C23H27N3O3S. The van der Waals surface area contributed by atoms with Gasteiger partial charge < -0.3 is 5.32 Å². The van der Waals surface area contributed by atoms with Crippen LogP contribution in [-0.4, -0.2) is 33.6 Å². The van der Waals surface area contributed by atoms with Crippen LogP contribution in [0.25, 0.3) is 10.2 Å². The van der Waals surface area contributed by atoms with E-state index in [1.165, 1.54) is 16.2 Å². The molecular weight excluding hydrogens is 398 g/mol. The number of aryl methyl sites for hydroxylation is 2. The van der Waals surface area contributed by atoms with Crippen LogP contribution in [0.1, 0.15) is 44.2 Å². The maximum Gasteiger partial charge on any atom is 0.249 e. The number of anilines is 1. The van der Waals surface area contributed by atoms with Gasteiger partial charge in [-0.05, 0) is 50.2 Å². The summed E-state index contributed by atoms with van der Waals surface area (Å²) in [4.78, 5) is 45.2. The topological polar surface area (TPSA) is 79.4 Å². The van der Waals surface area contributed by atoms with E-state index in [-0.39, 0.29) is 35.5 Å². The maximum atomic E-state index is 13.3. The zero-order chi connectivity index (χ0) is 21.6. The smallest absolute Gasteiger partial charge is 0.249 e. The number of fused-ring (bicyclic) bond motifs is 2. The van der Waals surface area contributed by atoms with Crippen molar-refractivity contribution in [2.75, 3.05) is 5.32 Å². The number of hydrogen-bond donors (Lipinski definition) is 1. The number of thiazole rings is 1. The summed E-state index contributed by atoms with van der Waals surface area (Å²) in [5.74, 6) is -1.29. The van der Waals surface area contributed by atoms with Crippen LogP contribution in [0.4, 0.5) is 5.13 Å². The molecule has 3 atom stereocenters. The van der Waals surface area contributed by atoms with Gasteiger partial charge in [-0.3, -0.25) is 19.3 Å². The molecule has 0 spiro atoms. The van der Waals surface area contributed by atoms with E-state index >= 15 is 0 Å². The first-order valence-corrected chi connectivity index (χ1v) is 11.3. The molecule has 6 nitrogen and oxygen atoms in total. The monoisotopic (exact) mass is 425 g/mol. The fourth-order valence-electron chi connectivity index (χ4n) is 4.41. The highest BCUT2D eigenvalue weighted by molar-refractivity contribution is 7.22. The summed E-state index contributed by atoms with van der Waals surface area (Å²) >= 11 is 1.43. The molecule has 158 valence electrons. The lowest BCUT2D eigenvalue weighted by atomic mass is 9.85. The number of nitrogens with zero attached hydrogens (tertiary/aromatic N) is 2. The fourth-order valence-corrected chi connectivity index (χ4v) is 5.43. The SMILES string of the molecule is Cc1ccc(C)c2sc(NC(=O)C(CC(C)C)N3C(=O)C4CC=CCC4C3=O)nc12. The third kappa shape index (κ3) is 3.55. The summed E-state index contributed by atoms with van der Waals surface area (Å²) in [6.45, 7) is 7.99. The Bertz CT molecular complexity index is 990. The van der Waals surface area contributed by atoms with Gasteiger partial charge in [0, 0.05) is 0 Å². The molecule has 2 aliphatic rings. The third-order valence-electron chi connectivity index (χ3n) is 6.02. The number of amides is 3. The minimum atomic E-state index is -0.815. The van der Waals surface area contributed by atoms with Gasteiger partial charge in [0.1, 0.15) is 6.04 Å². The molecule has 0 saturated carbocycles. The molecule has 1 saturated heterocycles. The molecule has 1 aromatic carbocycles. The van der Waals surface area contributed by atoms with Crippen molar-refractivity contribution >= 4 is 44.4 Å². The molecule has 1 N–H and O–H groups in total. The Morgan fingerprint density at radius 1 is 1.13 bits per heavy atom. The van der Waals surface area contributed by atoms with E-state index < -0.39 is 6.04 Å². The highest BCUT2D eigenvalue weighted by Gasteiger charge is 2.51. The normalized spacial score (nSPS) is 22.1. The molecule has 1 fully saturated rings. The average molecular weight is 426 g/mol. The van der Waals surface area contributed by atoms with Crippen molar-refractivity contribution in [1.29, 1.82) is 0 Å². The number of aromatic nitrogens is 1. The summed E-state index contributed by atoms with van der Waals surface area (Å²) in [6.07, 6.45) is 5.48. The Hall–Kier alpha value is -2.54. The molecule has 3 amide bonds. The molecule has 2 heterocycles. The summed E-state index contributed by atoms with van der Waals surface area (Å²) in [5, 5.41) is 3.40. The second-order valence-corrected chi connectivity index (χ2v) is 9.73. The molecule has 7 heteroatoms. The van der Waals surface area contributed by atoms with Crippen molar-refractivity contribution in [3.63, 3.8) is 0 Å². The van der Waals surface area contributed by atoms with E-state index in [4.69, 9.17) is 0 Å². The van der Waals surface area contributed by atoms with Crippen LogP contribution in [0.5, 0.6) is 0 Å². The van der Waals surface area contributed by atoms with E-state index in [2.05, 4.69) is 10.3 Å². The van der Waals surface area contributed by atoms with Crippen molar-refractivity contribution in [3.8, 4) is 0 Å². The number of benzene rings is 1. The number of likely N-dealkylation sites (tertiary alicyclic amines) is 1. The molecule has 2 aromatic rings. The number of imide groups is 1. The van der Waals surface area contributed by atoms with E-state index in [0.29, 0.717) is 24.4 Å². The largest absolute Gasteiger partial charge is 0.300 e. The lowest BCUT2D eigenvalue weighted by Gasteiger charge is -2.26. The third-order valence-corrected chi connectivity index (χ3v) is 7.13. The van der Waals surface area contributed by atoms with Crippen LogP contribution in [0.3, 0.4) is 0 Å². The van der Waals surface area contributed by atoms with E-state index in [1.807, 2.05) is 52.0 Å². The van der Waals surface area contributed by atoms with Crippen molar-refractivity contribution in [2.24, 2.45) is 17.8 Å². The highest BCUT2D eigenvalue weighted by Crippen LogP contribution is 2.37. The predicted octanol–water partition coefficient (Wildman–Crippen LogP) is 4.22. The van der Waals surface area contributed by atoms with Gasteiger partial charge in [-0.25, -0.2) is 4.98 Å². The minimum absolute atomic E-state index is 0.155. The van der Waals surface area contributed by atoms with Gasteiger partial charge in [0.2, 0.25) is 17.7 Å². The van der Waals surface area contributed by atoms with Gasteiger partial charge in [0.25, 0.3) is 0 Å². The summed E-state index contributed by atoms with van der Waals surface area (Å²) in [6, 6.07) is 3.24. The second kappa shape index (κ2) is 7.95. The highest BCUT2D eigenvalue weighted by atomic mass is 32.1. The second-order valence-electron chi connectivity index (χ2n) is 8.73. The van der Waals surface area contributed by atoms with Gasteiger partial charge in [-0.15, -0.1) is 0 Å². The van der Waals surface area contributed by atoms with Gasteiger partial charge in [-0.1, -0.05) is 49.5 Å². The first-order valence-electron chi connectivity index (χ1n) is 10.5. The van der Waals surface area contributed by atoms with E-state index in [0.717, 1.165) is 21.3 Å². The number of carbonyl (C=O) groups excluding carboxylic acids is 3. The Kier molecular flexibility index (Phi) is 5.49. The van der Waals surface area contributed by atoms with Crippen LogP contribution < -0.4 is 5.32 Å². The number of nitrogens with one attached hydrogen (secondary N) is 1. The molecule has 3 unspecified atom stereocenters. The van der Waals surface area contributed by atoms with Crippen molar-refractivity contribution in [1.82, 2.24) is 9.88 Å². The molecule has 1 aromatic heterocycles. The first kappa shape index (κ1) is 20.7. The Labute approximate surface area is 180 Å². The fraction of sp³-hybridized carbons (Fsp3) is 0.478. The van der Waals surface area contributed by atoms with E-state index in [1.54, 1.807) is 0 Å². The average Bonchev–Trinajstić information content (AvgIpc) is 3.24. The van der Waals surface area contributed by atoms with E-state index in [9.17, 15) is 14.4 Å². The standard InChI is InChI=1S/C23H27N3O3S/c1-12(2)11-17(26-21(28)15-7-5-6-8-16(15)22(26)29)20(27)25-23-24-18-13(3)9-10-14(4)19(18)30-23/h5-6,9-10,12,15-17H,7-8,11H2,1-4H3,(H,24,25,27). The van der Waals surface area contributed by atoms with Crippen LogP contribution in [0, 0.1) is 31.6 Å². The Morgan fingerprint density at radius 2 is 1.73 bits per heavy atom. The zero-order valence-corrected chi connectivity index (χ0v) is 18.6. The molecule has 1 aliphatic carbocycles. The molecule has 0 radical (unpaired) electrons. The predicted molar refractivity (Wildman–Crippen MR) is 118 cm³/mol. The van der Waals surface area contributed by atoms with Crippen LogP contribution in [0.15, 0.2) is 24.3 Å². The van der Waals surface area contributed by atoms with Gasteiger partial charge in [0.15, 0.2) is 5.13 Å². The van der Waals surface area contributed by atoms with Crippen LogP contribution in [0.2, 0.25) is 0 Å². The minimum Gasteiger partial charge on any atom is -0.300 e. The van der Waals surface area contributed by atoms with Crippen molar-refractivity contribution < 1.29 is 14.4 Å². The molecule has 1 aliphatic heterocycles. The lowest BCUT2D eigenvalue weighted by Crippen LogP contribution is -2.48. The molecule has 0 bridgehead atoms. The van der Waals surface area contributed by atoms with Crippen LogP contribution >= 0.6 is 11.3 Å². The summed E-state index contributed by atoms with van der Waals surface area (Å²) in [5.41, 5.74) is 3.03. The Morgan fingerprint density at radius 3 is 2.30 bits per heavy atom. The van der Waals surface area contributed by atoms with Crippen molar-refractivity contribution in [2.45, 2.75) is 53.0 Å². The van der Waals surface area contributed by atoms with Gasteiger partial charge in [0.05, 0.1) is 22.1 Å². The van der Waals surface area contributed by atoms with Crippen molar-refractivity contribution in [3.05, 3.63) is 35.4 Å². The number of rotatable bonds is 5. The lowest BCUT2D eigenvalue weighted by molar-refractivity contribution is -0.147. The number of hydrogen-bond acceptors (Lipinski definition) is 5. The van der Waals surface area contributed by atoms with Crippen LogP contribution in [-0.2, 0) is 14.4 Å².